The van der Waals surface area contributed by atoms with Gasteiger partial charge in [-0.1, -0.05) is 19.6 Å². The average Bonchev–Trinajstić information content (AvgIpc) is 3.02. The summed E-state index contributed by atoms with van der Waals surface area (Å²) in [6.45, 7) is 8.02. The van der Waals surface area contributed by atoms with Gasteiger partial charge in [-0.3, -0.25) is 0 Å². The normalized spacial score (nSPS) is 12.1. The van der Waals surface area contributed by atoms with Crippen LogP contribution in [0.3, 0.4) is 0 Å². The maximum absolute atomic E-state index is 14.7. The number of aromatic hydroxyl groups is 1. The van der Waals surface area contributed by atoms with Crippen LogP contribution < -0.4 is 9.92 Å². The number of phenols is 1. The SMILES string of the molecule is COc1cnc2c(-c3cc4cc(O)c(F)c([Si](C)(C)C)c4o3)cc(C)cc2n1. The lowest BCUT2D eigenvalue weighted by Crippen LogP contribution is -2.40. The van der Waals surface area contributed by atoms with E-state index in [0.717, 1.165) is 11.1 Å². The Hall–Kier alpha value is -2.93. The first-order valence-corrected chi connectivity index (χ1v) is 12.5. The third kappa shape index (κ3) is 2.92. The number of fused-ring (bicyclic) bond motifs is 2. The van der Waals surface area contributed by atoms with Crippen molar-refractivity contribution in [3.63, 3.8) is 0 Å². The van der Waals surface area contributed by atoms with Gasteiger partial charge in [-0.05, 0) is 36.8 Å². The molecule has 0 aliphatic rings. The van der Waals surface area contributed by atoms with E-state index in [0.29, 0.717) is 38.8 Å². The molecule has 4 aromatic rings. The van der Waals surface area contributed by atoms with Crippen molar-refractivity contribution in [1.82, 2.24) is 9.97 Å². The molecular formula is C21H21FN2O3Si. The van der Waals surface area contributed by atoms with E-state index in [2.05, 4.69) is 9.97 Å². The molecule has 144 valence electrons. The number of hydrogen-bond donors (Lipinski definition) is 1. The standard InChI is InChI=1S/C21H21FN2O3Si/c1-11-6-13(19-14(7-11)24-17(26-2)10-23-19)16-9-12-8-15(25)18(22)21(20(12)27-16)28(3,4)5/h6-10,25H,1-5H3. The minimum absolute atomic E-state index is 0.351. The minimum Gasteiger partial charge on any atom is -0.505 e. The Morgan fingerprint density at radius 3 is 2.57 bits per heavy atom. The van der Waals surface area contributed by atoms with Crippen LogP contribution in [0.2, 0.25) is 19.6 Å². The maximum Gasteiger partial charge on any atom is 0.232 e. The highest BCUT2D eigenvalue weighted by Crippen LogP contribution is 2.35. The summed E-state index contributed by atoms with van der Waals surface area (Å²) in [6, 6.07) is 7.12. The highest BCUT2D eigenvalue weighted by Gasteiger charge is 2.29. The molecule has 2 aromatic carbocycles. The summed E-state index contributed by atoms with van der Waals surface area (Å²) in [5.41, 5.74) is 3.60. The third-order valence-corrected chi connectivity index (χ3v) is 6.66. The van der Waals surface area contributed by atoms with Crippen molar-refractivity contribution in [3.05, 3.63) is 41.8 Å². The number of phenolic OH excluding ortho intramolecular Hbond substituents is 1. The molecule has 0 fully saturated rings. The van der Waals surface area contributed by atoms with Crippen LogP contribution in [0.1, 0.15) is 5.56 Å². The summed E-state index contributed by atoms with van der Waals surface area (Å²) < 4.78 is 26.1. The van der Waals surface area contributed by atoms with E-state index in [1.54, 1.807) is 13.3 Å². The van der Waals surface area contributed by atoms with Gasteiger partial charge in [-0.25, -0.2) is 14.4 Å². The minimum atomic E-state index is -2.11. The van der Waals surface area contributed by atoms with E-state index in [4.69, 9.17) is 9.15 Å². The predicted molar refractivity (Wildman–Crippen MR) is 111 cm³/mol. The Kier molecular flexibility index (Phi) is 4.15. The van der Waals surface area contributed by atoms with Gasteiger partial charge < -0.3 is 14.3 Å². The lowest BCUT2D eigenvalue weighted by atomic mass is 10.1. The zero-order valence-corrected chi connectivity index (χ0v) is 17.4. The molecule has 7 heteroatoms. The van der Waals surface area contributed by atoms with E-state index in [-0.39, 0.29) is 5.75 Å². The van der Waals surface area contributed by atoms with Crippen LogP contribution >= 0.6 is 0 Å². The van der Waals surface area contributed by atoms with Crippen LogP contribution in [0, 0.1) is 12.7 Å². The van der Waals surface area contributed by atoms with Crippen molar-refractivity contribution in [2.75, 3.05) is 7.11 Å². The first-order chi connectivity index (χ1) is 13.2. The van der Waals surface area contributed by atoms with E-state index < -0.39 is 13.9 Å². The van der Waals surface area contributed by atoms with E-state index in [9.17, 15) is 9.50 Å². The van der Waals surface area contributed by atoms with Gasteiger partial charge in [0, 0.05) is 16.1 Å². The number of furan rings is 1. The molecule has 2 aromatic heterocycles. The number of benzene rings is 2. The Bertz CT molecular complexity index is 1230. The highest BCUT2D eigenvalue weighted by atomic mass is 28.3. The van der Waals surface area contributed by atoms with Crippen molar-refractivity contribution in [2.24, 2.45) is 0 Å². The van der Waals surface area contributed by atoms with Gasteiger partial charge in [0.2, 0.25) is 5.88 Å². The summed E-state index contributed by atoms with van der Waals surface area (Å²) in [7, 11) is -0.565. The Morgan fingerprint density at radius 2 is 1.89 bits per heavy atom. The molecule has 0 unspecified atom stereocenters. The lowest BCUT2D eigenvalue weighted by Gasteiger charge is -2.18. The first-order valence-electron chi connectivity index (χ1n) is 8.96. The molecule has 0 saturated heterocycles. The molecule has 0 atom stereocenters. The fraction of sp³-hybridized carbons (Fsp3) is 0.238. The van der Waals surface area contributed by atoms with Gasteiger partial charge in [-0.2, -0.15) is 0 Å². The van der Waals surface area contributed by atoms with Gasteiger partial charge in [0.25, 0.3) is 0 Å². The molecule has 0 bridgehead atoms. The van der Waals surface area contributed by atoms with Crippen LogP contribution in [0.15, 0.2) is 34.9 Å². The van der Waals surface area contributed by atoms with E-state index in [1.165, 1.54) is 6.07 Å². The smallest absolute Gasteiger partial charge is 0.232 e. The predicted octanol–water partition coefficient (Wildman–Crippen LogP) is 4.75. The topological polar surface area (TPSA) is 68.4 Å². The lowest BCUT2D eigenvalue weighted by molar-refractivity contribution is 0.397. The van der Waals surface area contributed by atoms with Crippen molar-refractivity contribution in [3.8, 4) is 23.0 Å². The molecule has 0 aliphatic heterocycles. The van der Waals surface area contributed by atoms with Crippen LogP contribution in [0.25, 0.3) is 33.3 Å². The molecule has 0 aliphatic carbocycles. The summed E-state index contributed by atoms with van der Waals surface area (Å²) in [6.07, 6.45) is 1.56. The molecule has 0 amide bonds. The van der Waals surface area contributed by atoms with Crippen LogP contribution in [-0.2, 0) is 0 Å². The summed E-state index contributed by atoms with van der Waals surface area (Å²) >= 11 is 0. The largest absolute Gasteiger partial charge is 0.505 e. The van der Waals surface area contributed by atoms with Crippen LogP contribution in [0.5, 0.6) is 11.6 Å². The molecule has 0 saturated carbocycles. The number of aryl methyl sites for hydroxylation is 1. The molecule has 1 N–H and O–H groups in total. The number of nitrogens with zero attached hydrogens (tertiary/aromatic N) is 2. The fourth-order valence-corrected chi connectivity index (χ4v) is 5.15. The van der Waals surface area contributed by atoms with E-state index >= 15 is 0 Å². The molecule has 0 radical (unpaired) electrons. The van der Waals surface area contributed by atoms with Gasteiger partial charge in [0.15, 0.2) is 11.6 Å². The number of ether oxygens (including phenoxy) is 1. The molecule has 0 spiro atoms. The average molecular weight is 396 g/mol. The zero-order chi connectivity index (χ0) is 20.2. The second kappa shape index (κ2) is 6.30. The molecule has 5 nitrogen and oxygen atoms in total. The van der Waals surface area contributed by atoms with Crippen LogP contribution in [-0.4, -0.2) is 30.3 Å². The van der Waals surface area contributed by atoms with Gasteiger partial charge in [0.05, 0.1) is 32.4 Å². The number of aromatic nitrogens is 2. The summed E-state index contributed by atoms with van der Waals surface area (Å²) in [5, 5.41) is 11.2. The van der Waals surface area contributed by atoms with Crippen molar-refractivity contribution in [2.45, 2.75) is 26.6 Å². The van der Waals surface area contributed by atoms with Crippen LogP contribution in [0.4, 0.5) is 4.39 Å². The fourth-order valence-electron chi connectivity index (χ4n) is 3.48. The summed E-state index contributed by atoms with van der Waals surface area (Å²) in [5.74, 6) is 0.0523. The Labute approximate surface area is 162 Å². The number of rotatable bonds is 3. The number of halogens is 1. The van der Waals surface area contributed by atoms with Crippen molar-refractivity contribution < 1.29 is 18.7 Å². The maximum atomic E-state index is 14.7. The quantitative estimate of drug-likeness (QED) is 0.506. The molecule has 28 heavy (non-hydrogen) atoms. The second-order valence-corrected chi connectivity index (χ2v) is 13.0. The zero-order valence-electron chi connectivity index (χ0n) is 16.4. The number of methoxy groups -OCH3 is 1. The van der Waals surface area contributed by atoms with Gasteiger partial charge in [0.1, 0.15) is 11.3 Å². The van der Waals surface area contributed by atoms with Gasteiger partial charge >= 0.3 is 0 Å². The Morgan fingerprint density at radius 1 is 1.14 bits per heavy atom. The highest BCUT2D eigenvalue weighted by molar-refractivity contribution is 6.90. The van der Waals surface area contributed by atoms with Crippen molar-refractivity contribution in [1.29, 1.82) is 0 Å². The monoisotopic (exact) mass is 396 g/mol. The Balaban J connectivity index is 2.03. The van der Waals surface area contributed by atoms with Gasteiger partial charge in [-0.15, -0.1) is 0 Å². The second-order valence-electron chi connectivity index (χ2n) is 7.96. The van der Waals surface area contributed by atoms with E-state index in [1.807, 2.05) is 44.8 Å². The number of hydrogen-bond acceptors (Lipinski definition) is 5. The molecule has 2 heterocycles. The van der Waals surface area contributed by atoms with Crippen molar-refractivity contribution >= 4 is 35.3 Å². The third-order valence-electron chi connectivity index (χ3n) is 4.72. The molecule has 4 rings (SSSR count). The first kappa shape index (κ1) is 18.4. The molecular weight excluding hydrogens is 375 g/mol. The summed E-state index contributed by atoms with van der Waals surface area (Å²) in [4.78, 5) is 8.94.